The molecule has 2 aliphatic heterocycles. The van der Waals surface area contributed by atoms with Crippen molar-refractivity contribution in [1.82, 2.24) is 9.55 Å². The normalized spacial score (nSPS) is 39.2. The third-order valence-corrected chi connectivity index (χ3v) is 3.87. The second-order valence-corrected chi connectivity index (χ2v) is 5.19. The fourth-order valence-corrected chi connectivity index (χ4v) is 2.79. The lowest BCUT2D eigenvalue weighted by Gasteiger charge is -2.38. The topological polar surface area (TPSA) is 134 Å². The van der Waals surface area contributed by atoms with Gasteiger partial charge in [0.15, 0.2) is 0 Å². The van der Waals surface area contributed by atoms with Crippen molar-refractivity contribution < 1.29 is 24.8 Å². The van der Waals surface area contributed by atoms with Gasteiger partial charge >= 0.3 is 5.69 Å². The van der Waals surface area contributed by atoms with E-state index in [-0.39, 0.29) is 6.42 Å². The lowest BCUT2D eigenvalue weighted by molar-refractivity contribution is -0.220. The first kappa shape index (κ1) is 14.4. The molecule has 0 aromatic carbocycles. The number of rotatable bonds is 2. The van der Waals surface area contributed by atoms with Crippen LogP contribution in [-0.2, 0) is 9.47 Å². The van der Waals surface area contributed by atoms with Crippen molar-refractivity contribution in [1.29, 1.82) is 0 Å². The quantitative estimate of drug-likeness (QED) is 0.467. The van der Waals surface area contributed by atoms with Crippen molar-refractivity contribution in [3.63, 3.8) is 0 Å². The van der Waals surface area contributed by atoms with Crippen LogP contribution in [-0.4, -0.2) is 62.0 Å². The Bertz CT molecular complexity index is 627. The van der Waals surface area contributed by atoms with Gasteiger partial charge in [-0.15, -0.1) is 0 Å². The molecule has 3 heterocycles. The smallest absolute Gasteiger partial charge is 0.330 e. The molecule has 0 saturated carbocycles. The maximum absolute atomic E-state index is 11.7. The maximum atomic E-state index is 11.7. The molecule has 4 N–H and O–H groups in total. The van der Waals surface area contributed by atoms with E-state index >= 15 is 0 Å². The molecule has 116 valence electrons. The Morgan fingerprint density at radius 1 is 1.29 bits per heavy atom. The maximum Gasteiger partial charge on any atom is 0.330 e. The summed E-state index contributed by atoms with van der Waals surface area (Å²) < 4.78 is 12.2. The van der Waals surface area contributed by atoms with Crippen LogP contribution in [0.5, 0.6) is 0 Å². The van der Waals surface area contributed by atoms with E-state index in [1.807, 2.05) is 0 Å². The first-order valence-corrected chi connectivity index (χ1v) is 6.60. The van der Waals surface area contributed by atoms with E-state index in [0.717, 1.165) is 0 Å². The van der Waals surface area contributed by atoms with E-state index in [4.69, 9.17) is 14.6 Å². The fraction of sp³-hybridized carbons (Fsp3) is 0.667. The minimum atomic E-state index is -1.26. The van der Waals surface area contributed by atoms with Crippen molar-refractivity contribution in [2.24, 2.45) is 0 Å². The molecule has 0 bridgehead atoms. The lowest BCUT2D eigenvalue weighted by atomic mass is 9.95. The third kappa shape index (κ3) is 2.43. The fourth-order valence-electron chi connectivity index (χ4n) is 2.79. The van der Waals surface area contributed by atoms with Gasteiger partial charge < -0.3 is 24.8 Å². The van der Waals surface area contributed by atoms with Crippen LogP contribution in [0.4, 0.5) is 0 Å². The molecule has 9 heteroatoms. The van der Waals surface area contributed by atoms with Crippen LogP contribution in [0, 0.1) is 0 Å². The molecular weight excluding hydrogens is 284 g/mol. The Hall–Kier alpha value is -1.52. The Labute approximate surface area is 118 Å². The van der Waals surface area contributed by atoms with Crippen molar-refractivity contribution in [2.45, 2.75) is 43.2 Å². The van der Waals surface area contributed by atoms with Crippen molar-refractivity contribution in [2.75, 3.05) is 6.61 Å². The summed E-state index contributed by atoms with van der Waals surface area (Å²) in [6.07, 6.45) is -3.88. The molecule has 1 aromatic rings. The molecule has 2 aliphatic rings. The number of aromatic amines is 1. The minimum absolute atomic E-state index is 0.261. The van der Waals surface area contributed by atoms with Crippen LogP contribution in [0.3, 0.4) is 0 Å². The van der Waals surface area contributed by atoms with E-state index < -0.39 is 54.6 Å². The molecule has 0 radical (unpaired) electrons. The van der Waals surface area contributed by atoms with Gasteiger partial charge in [0.25, 0.3) is 5.56 Å². The first-order chi connectivity index (χ1) is 10.0. The van der Waals surface area contributed by atoms with Crippen LogP contribution in [0.25, 0.3) is 0 Å². The van der Waals surface area contributed by atoms with Crippen molar-refractivity contribution in [3.8, 4) is 0 Å². The van der Waals surface area contributed by atoms with Gasteiger partial charge in [-0.3, -0.25) is 14.3 Å². The molecule has 0 unspecified atom stereocenters. The van der Waals surface area contributed by atoms with E-state index in [1.165, 1.54) is 16.8 Å². The summed E-state index contributed by atoms with van der Waals surface area (Å²) in [5, 5.41) is 28.9. The number of aliphatic hydroxyl groups is 3. The van der Waals surface area contributed by atoms with Gasteiger partial charge in [0.2, 0.25) is 0 Å². The highest BCUT2D eigenvalue weighted by Crippen LogP contribution is 2.36. The summed E-state index contributed by atoms with van der Waals surface area (Å²) in [5.41, 5.74) is -1.14. The average Bonchev–Trinajstić information content (AvgIpc) is 2.86. The van der Waals surface area contributed by atoms with Gasteiger partial charge in [0, 0.05) is 18.7 Å². The summed E-state index contributed by atoms with van der Waals surface area (Å²) in [5.74, 6) is 0. The Morgan fingerprint density at radius 3 is 2.71 bits per heavy atom. The molecule has 1 aromatic heterocycles. The van der Waals surface area contributed by atoms with Gasteiger partial charge in [-0.2, -0.15) is 0 Å². The minimum Gasteiger partial charge on any atom is -0.394 e. The first-order valence-electron chi connectivity index (χ1n) is 6.60. The molecule has 21 heavy (non-hydrogen) atoms. The molecule has 3 rings (SSSR count). The highest BCUT2D eigenvalue weighted by atomic mass is 16.6. The third-order valence-electron chi connectivity index (χ3n) is 3.87. The second-order valence-electron chi connectivity index (χ2n) is 5.19. The molecule has 6 atom stereocenters. The van der Waals surface area contributed by atoms with E-state index in [0.29, 0.717) is 0 Å². The molecule has 0 amide bonds. The van der Waals surface area contributed by atoms with Crippen LogP contribution >= 0.6 is 0 Å². The zero-order valence-corrected chi connectivity index (χ0v) is 11.0. The van der Waals surface area contributed by atoms with Gasteiger partial charge in [-0.05, 0) is 0 Å². The highest BCUT2D eigenvalue weighted by molar-refractivity contribution is 4.98. The number of aliphatic hydroxyl groups excluding tert-OH is 3. The number of hydrogen-bond acceptors (Lipinski definition) is 7. The summed E-state index contributed by atoms with van der Waals surface area (Å²) in [6.45, 7) is -0.426. The van der Waals surface area contributed by atoms with Crippen molar-refractivity contribution >= 4 is 0 Å². The van der Waals surface area contributed by atoms with Crippen LogP contribution in [0.15, 0.2) is 21.9 Å². The summed E-state index contributed by atoms with van der Waals surface area (Å²) in [7, 11) is 0. The summed E-state index contributed by atoms with van der Waals surface area (Å²) in [4.78, 5) is 24.9. The molecule has 0 spiro atoms. The van der Waals surface area contributed by atoms with Gasteiger partial charge in [0.1, 0.15) is 30.6 Å². The van der Waals surface area contributed by atoms with Crippen LogP contribution in [0.2, 0.25) is 0 Å². The van der Waals surface area contributed by atoms with E-state index in [9.17, 15) is 19.8 Å². The number of H-pyrrole nitrogens is 1. The molecule has 2 fully saturated rings. The van der Waals surface area contributed by atoms with Gasteiger partial charge in [-0.25, -0.2) is 4.79 Å². The summed E-state index contributed by atoms with van der Waals surface area (Å²) in [6, 6.07) is 1.19. The van der Waals surface area contributed by atoms with Gasteiger partial charge in [0.05, 0.1) is 12.7 Å². The molecule has 9 nitrogen and oxygen atoms in total. The van der Waals surface area contributed by atoms with Crippen LogP contribution < -0.4 is 11.2 Å². The Balaban J connectivity index is 1.84. The van der Waals surface area contributed by atoms with Crippen molar-refractivity contribution in [3.05, 3.63) is 33.1 Å². The lowest BCUT2D eigenvalue weighted by Crippen LogP contribution is -2.57. The number of aromatic nitrogens is 2. The van der Waals surface area contributed by atoms with Crippen LogP contribution in [0.1, 0.15) is 12.6 Å². The van der Waals surface area contributed by atoms with E-state index in [2.05, 4.69) is 4.98 Å². The largest absolute Gasteiger partial charge is 0.394 e. The number of ether oxygens (including phenoxy) is 2. The average molecular weight is 300 g/mol. The Morgan fingerprint density at radius 2 is 2.05 bits per heavy atom. The second kappa shape index (κ2) is 5.35. The molecular formula is C12H16N2O7. The summed E-state index contributed by atoms with van der Waals surface area (Å²) >= 11 is 0. The zero-order chi connectivity index (χ0) is 15.1. The number of nitrogens with zero attached hydrogens (tertiary/aromatic N) is 1. The number of fused-ring (bicyclic) bond motifs is 1. The Kier molecular flexibility index (Phi) is 3.68. The predicted octanol–water partition coefficient (Wildman–Crippen LogP) is -2.69. The monoisotopic (exact) mass is 300 g/mol. The SMILES string of the molecule is O=c1ccn([C@H]2C[C@H]3O[C@H](CO)[C@H](O)[C@H](O)[C@H]3O2)c(=O)[nH]1. The molecule has 2 saturated heterocycles. The number of nitrogens with one attached hydrogen (secondary N) is 1. The zero-order valence-electron chi connectivity index (χ0n) is 11.0. The van der Waals surface area contributed by atoms with E-state index in [1.54, 1.807) is 0 Å². The van der Waals surface area contributed by atoms with Gasteiger partial charge in [-0.1, -0.05) is 0 Å². The predicted molar refractivity (Wildman–Crippen MR) is 67.6 cm³/mol. The highest BCUT2D eigenvalue weighted by Gasteiger charge is 2.50. The standard InChI is InChI=1S/C12H16N2O7/c15-4-6-9(17)10(18)11-5(20-6)3-8(21-11)14-2-1-7(16)13-12(14)19/h1-2,5-6,8-11,15,17-18H,3-4H2,(H,13,16,19)/t5-,6-,8-,9+,10+,11+/m1/s1. The molecule has 0 aliphatic carbocycles. The number of hydrogen-bond donors (Lipinski definition) is 4.